The van der Waals surface area contributed by atoms with Crippen molar-refractivity contribution in [1.29, 1.82) is 0 Å². The largest absolute Gasteiger partial charge is 0.444 e. The number of ether oxygens (including phenoxy) is 1. The van der Waals surface area contributed by atoms with E-state index in [9.17, 15) is 4.79 Å². The molecule has 1 aromatic heterocycles. The number of aryl methyl sites for hydroxylation is 1. The van der Waals surface area contributed by atoms with Crippen molar-refractivity contribution in [3.63, 3.8) is 0 Å². The maximum absolute atomic E-state index is 12.4. The van der Waals surface area contributed by atoms with Crippen molar-refractivity contribution < 1.29 is 9.53 Å². The summed E-state index contributed by atoms with van der Waals surface area (Å²) < 4.78 is 5.51. The number of carbonyl (C=O) groups is 1. The van der Waals surface area contributed by atoms with Crippen molar-refractivity contribution in [3.05, 3.63) is 18.0 Å². The molecule has 2 rings (SSSR count). The average Bonchev–Trinajstić information content (AvgIpc) is 2.56. The van der Waals surface area contributed by atoms with Gasteiger partial charge in [-0.15, -0.1) is 0 Å². The number of nitrogen functional groups attached to an aromatic ring is 1. The Hall–Kier alpha value is -1.76. The summed E-state index contributed by atoms with van der Waals surface area (Å²) in [6.45, 7) is 18.9. The monoisotopic (exact) mass is 433 g/mol. The van der Waals surface area contributed by atoms with Gasteiger partial charge >= 0.3 is 6.09 Å². The smallest absolute Gasteiger partial charge is 0.407 e. The number of alkyl carbamates (subject to hydrolysis) is 1. The van der Waals surface area contributed by atoms with Gasteiger partial charge in [0.1, 0.15) is 5.60 Å². The molecule has 0 aromatic carbocycles. The number of carbonyl (C=O) groups excluding carboxylic acids is 1. The van der Waals surface area contributed by atoms with Crippen molar-refractivity contribution in [2.75, 3.05) is 23.7 Å². The summed E-state index contributed by atoms with van der Waals surface area (Å²) in [7, 11) is -0.430. The van der Waals surface area contributed by atoms with Crippen LogP contribution < -0.4 is 16.0 Å². The van der Waals surface area contributed by atoms with Gasteiger partial charge in [0.25, 0.3) is 0 Å². The Morgan fingerprint density at radius 1 is 1.27 bits per heavy atom. The molecule has 1 radical (unpaired) electrons. The first-order valence-corrected chi connectivity index (χ1v) is 13.2. The van der Waals surface area contributed by atoms with Gasteiger partial charge in [-0.05, 0) is 50.6 Å². The van der Waals surface area contributed by atoms with E-state index in [0.29, 0.717) is 16.6 Å². The van der Waals surface area contributed by atoms with Gasteiger partial charge in [-0.25, -0.2) is 4.79 Å². The van der Waals surface area contributed by atoms with Gasteiger partial charge in [-0.2, -0.15) is 0 Å². The van der Waals surface area contributed by atoms with Crippen molar-refractivity contribution in [2.45, 2.75) is 90.6 Å². The number of pyridine rings is 1. The third kappa shape index (κ3) is 7.18. The molecule has 0 aliphatic carbocycles. The Labute approximate surface area is 184 Å². The first kappa shape index (κ1) is 24.5. The molecule has 2 heterocycles. The highest BCUT2D eigenvalue weighted by molar-refractivity contribution is 6.60. The maximum Gasteiger partial charge on any atom is 0.407 e. The van der Waals surface area contributed by atoms with E-state index in [1.807, 2.05) is 33.9 Å². The van der Waals surface area contributed by atoms with Crippen LogP contribution in [0.4, 0.5) is 16.2 Å². The normalized spacial score (nSPS) is 20.4. The summed E-state index contributed by atoms with van der Waals surface area (Å²) in [6, 6.07) is 1.31. The van der Waals surface area contributed by atoms with Crippen LogP contribution in [0.15, 0.2) is 12.4 Å². The Kier molecular flexibility index (Phi) is 7.83. The molecule has 1 aliphatic heterocycles. The van der Waals surface area contributed by atoms with Crippen molar-refractivity contribution in [2.24, 2.45) is 5.92 Å². The summed E-state index contributed by atoms with van der Waals surface area (Å²) in [5.41, 5.74) is 8.60. The van der Waals surface area contributed by atoms with Gasteiger partial charge < -0.3 is 20.7 Å². The lowest BCUT2D eigenvalue weighted by atomic mass is 9.91. The minimum atomic E-state index is -0.504. The molecular weight excluding hydrogens is 392 g/mol. The molecule has 0 spiro atoms. The molecule has 0 saturated carbocycles. The predicted molar refractivity (Wildman–Crippen MR) is 128 cm³/mol. The second-order valence-electron chi connectivity index (χ2n) is 10.8. The van der Waals surface area contributed by atoms with Crippen LogP contribution in [0.5, 0.6) is 0 Å². The molecule has 169 valence electrons. The summed E-state index contributed by atoms with van der Waals surface area (Å²) in [5.74, 6) is 0.507. The van der Waals surface area contributed by atoms with Crippen molar-refractivity contribution in [3.8, 4) is 0 Å². The summed E-state index contributed by atoms with van der Waals surface area (Å²) in [5, 5.41) is 3.51. The average molecular weight is 434 g/mol. The summed E-state index contributed by atoms with van der Waals surface area (Å²) in [4.78, 5) is 19.0. The fourth-order valence-corrected chi connectivity index (χ4v) is 5.57. The molecular formula is C23H41N4O2Si. The van der Waals surface area contributed by atoms with Crippen molar-refractivity contribution in [1.82, 2.24) is 10.3 Å². The molecule has 7 heteroatoms. The van der Waals surface area contributed by atoms with Gasteiger partial charge in [0.15, 0.2) is 0 Å². The molecule has 1 saturated heterocycles. The van der Waals surface area contributed by atoms with Crippen LogP contribution in [0.2, 0.25) is 17.6 Å². The molecule has 1 fully saturated rings. The van der Waals surface area contributed by atoms with Gasteiger partial charge in [0, 0.05) is 19.3 Å². The number of hydrogen-bond acceptors (Lipinski definition) is 5. The van der Waals surface area contributed by atoms with Crippen LogP contribution in [0.25, 0.3) is 0 Å². The highest BCUT2D eigenvalue weighted by Gasteiger charge is 2.32. The van der Waals surface area contributed by atoms with Crippen LogP contribution >= 0.6 is 0 Å². The lowest BCUT2D eigenvalue weighted by molar-refractivity contribution is 0.0493. The number of amides is 1. The number of nitrogens with two attached hydrogens (primary N) is 1. The number of nitrogens with one attached hydrogen (secondary N) is 1. The van der Waals surface area contributed by atoms with Crippen molar-refractivity contribution >= 4 is 26.3 Å². The van der Waals surface area contributed by atoms with Crippen LogP contribution in [-0.4, -0.2) is 44.6 Å². The van der Waals surface area contributed by atoms with E-state index in [1.54, 1.807) is 6.20 Å². The Bertz CT molecular complexity index is 707. The minimum absolute atomic E-state index is 0.0349. The highest BCUT2D eigenvalue weighted by Crippen LogP contribution is 2.35. The van der Waals surface area contributed by atoms with E-state index in [4.69, 9.17) is 10.5 Å². The zero-order chi connectivity index (χ0) is 22.7. The van der Waals surface area contributed by atoms with E-state index in [1.165, 1.54) is 12.5 Å². The second-order valence-corrected chi connectivity index (χ2v) is 14.4. The third-order valence-electron chi connectivity index (χ3n) is 5.91. The van der Waals surface area contributed by atoms with E-state index < -0.39 is 14.4 Å². The topological polar surface area (TPSA) is 80.5 Å². The number of aromatic nitrogens is 1. The number of nitrogens with zero attached hydrogens (tertiary/aromatic N) is 2. The zero-order valence-electron chi connectivity index (χ0n) is 20.1. The van der Waals surface area contributed by atoms with Crippen LogP contribution in [0, 0.1) is 12.8 Å². The molecule has 1 aliphatic rings. The van der Waals surface area contributed by atoms with Crippen LogP contribution in [0.1, 0.15) is 59.9 Å². The fraction of sp³-hybridized carbons (Fsp3) is 0.739. The lowest BCUT2D eigenvalue weighted by Crippen LogP contribution is -2.52. The van der Waals surface area contributed by atoms with E-state index in [0.717, 1.165) is 30.8 Å². The zero-order valence-corrected chi connectivity index (χ0v) is 21.1. The standard InChI is InChI=1S/C23H41N4O2Si/c1-16-12-25-13-19(24)20(16)27-14-17(9-10-30(8)23(5,6)7)11-18(15-27)26-21(28)29-22(2,3)4/h12-13,17-18H,9-11,14-15,24H2,1-8H3,(H,26,28)/t17-,18+/m1/s1. The molecule has 1 amide bonds. The van der Waals surface area contributed by atoms with E-state index in [-0.39, 0.29) is 12.1 Å². The van der Waals surface area contributed by atoms with Gasteiger partial charge in [-0.1, -0.05) is 39.8 Å². The van der Waals surface area contributed by atoms with E-state index >= 15 is 0 Å². The van der Waals surface area contributed by atoms with Crippen LogP contribution in [-0.2, 0) is 4.74 Å². The third-order valence-corrected chi connectivity index (χ3v) is 9.51. The molecule has 1 aromatic rings. The van der Waals surface area contributed by atoms with Gasteiger partial charge in [0.05, 0.1) is 32.4 Å². The maximum atomic E-state index is 12.4. The summed E-state index contributed by atoms with van der Waals surface area (Å²) >= 11 is 0. The number of anilines is 2. The second kappa shape index (κ2) is 9.58. The molecule has 6 nitrogen and oxygen atoms in total. The quantitative estimate of drug-likeness (QED) is 0.638. The Morgan fingerprint density at radius 2 is 1.93 bits per heavy atom. The lowest BCUT2D eigenvalue weighted by Gasteiger charge is -2.41. The molecule has 3 N–H and O–H groups in total. The first-order valence-electron chi connectivity index (χ1n) is 11.0. The Balaban J connectivity index is 2.16. The van der Waals surface area contributed by atoms with Gasteiger partial charge in [-0.3, -0.25) is 4.98 Å². The minimum Gasteiger partial charge on any atom is -0.444 e. The number of rotatable bonds is 5. The van der Waals surface area contributed by atoms with E-state index in [2.05, 4.69) is 42.5 Å². The molecule has 0 unspecified atom stereocenters. The predicted octanol–water partition coefficient (Wildman–Crippen LogP) is 5.01. The molecule has 0 bridgehead atoms. The first-order chi connectivity index (χ1) is 13.8. The highest BCUT2D eigenvalue weighted by atomic mass is 28.3. The molecule has 30 heavy (non-hydrogen) atoms. The van der Waals surface area contributed by atoms with Crippen LogP contribution in [0.3, 0.4) is 0 Å². The van der Waals surface area contributed by atoms with Gasteiger partial charge in [0.2, 0.25) is 0 Å². The molecule has 2 atom stereocenters. The fourth-order valence-electron chi connectivity index (χ4n) is 3.98. The SMILES string of the molecule is Cc1cncc(N)c1N1C[C@H](CC[Si](C)C(C)(C)C)C[C@H](NC(=O)OC(C)(C)C)C1. The Morgan fingerprint density at radius 3 is 2.50 bits per heavy atom. The number of piperidine rings is 1. The number of hydrogen-bond donors (Lipinski definition) is 2. The summed E-state index contributed by atoms with van der Waals surface area (Å²) in [6.07, 6.45) is 5.38.